The Bertz CT molecular complexity index is 372. The van der Waals surface area contributed by atoms with E-state index in [1.807, 2.05) is 12.1 Å². The van der Waals surface area contributed by atoms with Crippen LogP contribution in [0.3, 0.4) is 0 Å². The summed E-state index contributed by atoms with van der Waals surface area (Å²) in [5, 5.41) is 6.45. The van der Waals surface area contributed by atoms with Crippen molar-refractivity contribution in [3.8, 4) is 0 Å². The Morgan fingerprint density at radius 2 is 2.19 bits per heavy atom. The average molecular weight is 221 g/mol. The van der Waals surface area contributed by atoms with Gasteiger partial charge in [-0.05, 0) is 31.0 Å². The van der Waals surface area contributed by atoms with Gasteiger partial charge in [-0.15, -0.1) is 0 Å². The maximum absolute atomic E-state index is 12.7. The molecule has 0 saturated carbocycles. The van der Waals surface area contributed by atoms with Crippen molar-refractivity contribution in [2.24, 2.45) is 4.99 Å². The Morgan fingerprint density at radius 3 is 2.81 bits per heavy atom. The first-order chi connectivity index (χ1) is 7.74. The molecule has 0 saturated heterocycles. The van der Waals surface area contributed by atoms with Gasteiger partial charge < -0.3 is 10.6 Å². The summed E-state index contributed by atoms with van der Waals surface area (Å²) < 4.78 is 12.7. The zero-order valence-corrected chi connectivity index (χ0v) is 9.33. The largest absolute Gasteiger partial charge is 0.355 e. The lowest BCUT2D eigenvalue weighted by Gasteiger charge is -2.15. The molecule has 0 spiro atoms. The molecule has 1 unspecified atom stereocenters. The third kappa shape index (κ3) is 2.95. The summed E-state index contributed by atoms with van der Waals surface area (Å²) in [6.07, 6.45) is 0.862. The van der Waals surface area contributed by atoms with Crippen LogP contribution in [0.2, 0.25) is 0 Å². The summed E-state index contributed by atoms with van der Waals surface area (Å²) in [4.78, 5) is 4.27. The zero-order valence-electron chi connectivity index (χ0n) is 9.33. The Kier molecular flexibility index (Phi) is 3.39. The molecule has 4 heteroatoms. The summed E-state index contributed by atoms with van der Waals surface area (Å²) in [6, 6.07) is 6.91. The minimum absolute atomic E-state index is 0.189. The number of hydrogen-bond donors (Lipinski definition) is 2. The third-order valence-corrected chi connectivity index (χ3v) is 2.51. The number of nitrogens with zero attached hydrogens (tertiary/aromatic N) is 1. The number of halogens is 1. The van der Waals surface area contributed by atoms with Crippen molar-refractivity contribution in [3.05, 3.63) is 35.6 Å². The topological polar surface area (TPSA) is 36.4 Å². The number of aliphatic imine (C=N–C) groups is 1. The van der Waals surface area contributed by atoms with E-state index in [1.165, 1.54) is 12.1 Å². The number of guanidine groups is 1. The maximum atomic E-state index is 12.7. The molecule has 1 heterocycles. The molecule has 1 atom stereocenters. The van der Waals surface area contributed by atoms with Crippen LogP contribution in [0.1, 0.15) is 12.5 Å². The quantitative estimate of drug-likeness (QED) is 0.807. The normalized spacial score (nSPS) is 16.5. The van der Waals surface area contributed by atoms with Crippen LogP contribution in [-0.2, 0) is 6.42 Å². The fourth-order valence-electron chi connectivity index (χ4n) is 1.75. The van der Waals surface area contributed by atoms with Crippen molar-refractivity contribution in [3.63, 3.8) is 0 Å². The lowest BCUT2D eigenvalue weighted by molar-refractivity contribution is 0.622. The second kappa shape index (κ2) is 4.96. The second-order valence-corrected chi connectivity index (χ2v) is 4.03. The molecule has 0 aliphatic carbocycles. The summed E-state index contributed by atoms with van der Waals surface area (Å²) >= 11 is 0. The first kappa shape index (κ1) is 10.9. The fraction of sp³-hybridized carbons (Fsp3) is 0.417. The first-order valence-corrected chi connectivity index (χ1v) is 5.53. The van der Waals surface area contributed by atoms with E-state index in [0.717, 1.165) is 31.0 Å². The Morgan fingerprint density at radius 1 is 1.44 bits per heavy atom. The van der Waals surface area contributed by atoms with Crippen LogP contribution < -0.4 is 10.6 Å². The smallest absolute Gasteiger partial charge is 0.191 e. The molecule has 1 aromatic carbocycles. The minimum atomic E-state index is -0.189. The van der Waals surface area contributed by atoms with Gasteiger partial charge in [0.2, 0.25) is 0 Å². The van der Waals surface area contributed by atoms with Crippen LogP contribution in [0.4, 0.5) is 4.39 Å². The van der Waals surface area contributed by atoms with Gasteiger partial charge in [-0.2, -0.15) is 0 Å². The number of benzene rings is 1. The lowest BCUT2D eigenvalue weighted by atomic mass is 10.1. The molecule has 1 aliphatic heterocycles. The maximum Gasteiger partial charge on any atom is 0.191 e. The van der Waals surface area contributed by atoms with Gasteiger partial charge >= 0.3 is 0 Å². The van der Waals surface area contributed by atoms with Crippen LogP contribution in [0, 0.1) is 5.82 Å². The molecule has 2 rings (SSSR count). The van der Waals surface area contributed by atoms with Crippen LogP contribution in [0.25, 0.3) is 0 Å². The van der Waals surface area contributed by atoms with Crippen molar-refractivity contribution in [2.75, 3.05) is 13.1 Å². The van der Waals surface area contributed by atoms with E-state index in [1.54, 1.807) is 0 Å². The van der Waals surface area contributed by atoms with Gasteiger partial charge in [0, 0.05) is 12.6 Å². The summed E-state index contributed by atoms with van der Waals surface area (Å²) in [5.41, 5.74) is 1.12. The van der Waals surface area contributed by atoms with E-state index in [-0.39, 0.29) is 11.9 Å². The van der Waals surface area contributed by atoms with Gasteiger partial charge in [0.1, 0.15) is 5.82 Å². The van der Waals surface area contributed by atoms with Gasteiger partial charge in [-0.1, -0.05) is 12.1 Å². The summed E-state index contributed by atoms with van der Waals surface area (Å²) in [7, 11) is 0. The highest BCUT2D eigenvalue weighted by Gasteiger charge is 2.09. The molecule has 0 bridgehead atoms. The SMILES string of the molecule is CC(Cc1ccc(F)cc1)NC1=NCCN1. The van der Waals surface area contributed by atoms with Crippen LogP contribution in [0.15, 0.2) is 29.3 Å². The molecule has 1 aliphatic rings. The molecular weight excluding hydrogens is 205 g/mol. The van der Waals surface area contributed by atoms with Crippen LogP contribution in [-0.4, -0.2) is 25.1 Å². The first-order valence-electron chi connectivity index (χ1n) is 5.53. The second-order valence-electron chi connectivity index (χ2n) is 4.03. The molecule has 1 aromatic rings. The average Bonchev–Trinajstić information content (AvgIpc) is 2.74. The van der Waals surface area contributed by atoms with E-state index >= 15 is 0 Å². The van der Waals surface area contributed by atoms with Gasteiger partial charge in [0.05, 0.1) is 6.54 Å². The highest BCUT2D eigenvalue weighted by atomic mass is 19.1. The Balaban J connectivity index is 1.86. The molecule has 0 amide bonds. The van der Waals surface area contributed by atoms with E-state index in [2.05, 4.69) is 22.5 Å². The monoisotopic (exact) mass is 221 g/mol. The molecule has 0 radical (unpaired) electrons. The summed E-state index contributed by atoms with van der Waals surface area (Å²) in [6.45, 7) is 3.84. The Hall–Kier alpha value is -1.58. The van der Waals surface area contributed by atoms with Crippen LogP contribution in [0.5, 0.6) is 0 Å². The zero-order chi connectivity index (χ0) is 11.4. The molecule has 2 N–H and O–H groups in total. The van der Waals surface area contributed by atoms with E-state index in [9.17, 15) is 4.39 Å². The molecule has 86 valence electrons. The highest BCUT2D eigenvalue weighted by molar-refractivity contribution is 5.81. The van der Waals surface area contributed by atoms with E-state index in [4.69, 9.17) is 0 Å². The van der Waals surface area contributed by atoms with Gasteiger partial charge in [-0.25, -0.2) is 4.39 Å². The van der Waals surface area contributed by atoms with E-state index in [0.29, 0.717) is 0 Å². The molecule has 0 fully saturated rings. The lowest BCUT2D eigenvalue weighted by Crippen LogP contribution is -2.40. The highest BCUT2D eigenvalue weighted by Crippen LogP contribution is 2.05. The van der Waals surface area contributed by atoms with Crippen molar-refractivity contribution in [1.29, 1.82) is 0 Å². The Labute approximate surface area is 94.8 Å². The number of hydrogen-bond acceptors (Lipinski definition) is 3. The number of rotatable bonds is 3. The van der Waals surface area contributed by atoms with Crippen molar-refractivity contribution >= 4 is 5.96 Å². The van der Waals surface area contributed by atoms with Gasteiger partial charge in [-0.3, -0.25) is 4.99 Å². The van der Waals surface area contributed by atoms with Crippen LogP contribution >= 0.6 is 0 Å². The predicted octanol–water partition coefficient (Wildman–Crippen LogP) is 1.31. The van der Waals surface area contributed by atoms with Gasteiger partial charge in [0.15, 0.2) is 5.96 Å². The molecular formula is C12H16FN3. The van der Waals surface area contributed by atoms with Crippen molar-refractivity contribution < 1.29 is 4.39 Å². The molecule has 0 aromatic heterocycles. The summed E-state index contributed by atoms with van der Waals surface area (Å²) in [5.74, 6) is 0.681. The fourth-order valence-corrected chi connectivity index (χ4v) is 1.75. The van der Waals surface area contributed by atoms with Gasteiger partial charge in [0.25, 0.3) is 0 Å². The molecule has 16 heavy (non-hydrogen) atoms. The molecule has 3 nitrogen and oxygen atoms in total. The van der Waals surface area contributed by atoms with Crippen molar-refractivity contribution in [1.82, 2.24) is 10.6 Å². The minimum Gasteiger partial charge on any atom is -0.355 e. The predicted molar refractivity (Wildman–Crippen MR) is 63.0 cm³/mol. The third-order valence-electron chi connectivity index (χ3n) is 2.51. The van der Waals surface area contributed by atoms with Crippen molar-refractivity contribution in [2.45, 2.75) is 19.4 Å². The number of nitrogens with one attached hydrogen (secondary N) is 2. The van der Waals surface area contributed by atoms with E-state index < -0.39 is 0 Å². The standard InChI is InChI=1S/C12H16FN3/c1-9(16-12-14-6-7-15-12)8-10-2-4-11(13)5-3-10/h2-5,9H,6-8H2,1H3,(H2,14,15,16).